The molecule has 0 unspecified atom stereocenters. The molecule has 0 aliphatic rings. The van der Waals surface area contributed by atoms with Gasteiger partial charge in [0.15, 0.2) is 0 Å². The lowest BCUT2D eigenvalue weighted by Gasteiger charge is -2.05. The molecule has 0 bridgehead atoms. The first-order chi connectivity index (χ1) is 12.3. The van der Waals surface area contributed by atoms with Gasteiger partial charge < -0.3 is 4.74 Å². The second-order valence-electron chi connectivity index (χ2n) is 5.77. The van der Waals surface area contributed by atoms with Gasteiger partial charge in [-0.2, -0.15) is 5.10 Å². The van der Waals surface area contributed by atoms with Crippen molar-refractivity contribution in [2.24, 2.45) is 0 Å². The van der Waals surface area contributed by atoms with Crippen molar-refractivity contribution in [3.8, 4) is 33.8 Å². The molecule has 0 atom stereocenters. The minimum absolute atomic E-state index is 0.837. The molecule has 25 heavy (non-hydrogen) atoms. The molecule has 0 aliphatic heterocycles. The summed E-state index contributed by atoms with van der Waals surface area (Å²) in [5.41, 5.74) is 5.25. The van der Waals surface area contributed by atoms with E-state index in [-0.39, 0.29) is 0 Å². The van der Waals surface area contributed by atoms with Crippen LogP contribution in [-0.4, -0.2) is 16.9 Å². The highest BCUT2D eigenvalue weighted by Gasteiger charge is 2.14. The first-order valence-corrected chi connectivity index (χ1v) is 8.20. The third-order valence-corrected chi connectivity index (χ3v) is 4.16. The molecule has 0 fully saturated rings. The lowest BCUT2D eigenvalue weighted by molar-refractivity contribution is 0.415. The van der Waals surface area contributed by atoms with E-state index in [0.717, 1.165) is 33.8 Å². The summed E-state index contributed by atoms with van der Waals surface area (Å²) in [5.74, 6) is 0.837. The fourth-order valence-corrected chi connectivity index (χ4v) is 2.90. The highest BCUT2D eigenvalue weighted by Crippen LogP contribution is 2.33. The largest absolute Gasteiger partial charge is 0.497 e. The normalized spacial score (nSPS) is 10.6. The topological polar surface area (TPSA) is 27.1 Å². The van der Waals surface area contributed by atoms with Gasteiger partial charge in [0, 0.05) is 17.3 Å². The van der Waals surface area contributed by atoms with Crippen molar-refractivity contribution in [3.05, 3.63) is 91.1 Å². The van der Waals surface area contributed by atoms with Gasteiger partial charge in [-0.25, -0.2) is 4.68 Å². The molecule has 0 saturated heterocycles. The van der Waals surface area contributed by atoms with Crippen molar-refractivity contribution in [2.45, 2.75) is 0 Å². The van der Waals surface area contributed by atoms with Gasteiger partial charge in [-0.05, 0) is 29.8 Å². The summed E-state index contributed by atoms with van der Waals surface area (Å²) in [6.45, 7) is 0. The molecule has 0 saturated carbocycles. The number of benzene rings is 3. The summed E-state index contributed by atoms with van der Waals surface area (Å²) in [5, 5.41) is 4.86. The van der Waals surface area contributed by atoms with Crippen LogP contribution in [-0.2, 0) is 0 Å². The molecule has 4 aromatic rings. The zero-order chi connectivity index (χ0) is 17.1. The molecular formula is C22H18N2O. The van der Waals surface area contributed by atoms with Crippen LogP contribution in [0, 0.1) is 0 Å². The van der Waals surface area contributed by atoms with E-state index in [4.69, 9.17) is 9.84 Å². The van der Waals surface area contributed by atoms with Gasteiger partial charge >= 0.3 is 0 Å². The maximum absolute atomic E-state index is 5.39. The van der Waals surface area contributed by atoms with E-state index in [1.54, 1.807) is 7.11 Å². The highest BCUT2D eigenvalue weighted by molar-refractivity contribution is 5.81. The van der Waals surface area contributed by atoms with Crippen LogP contribution in [0.25, 0.3) is 28.1 Å². The first kappa shape index (κ1) is 15.2. The highest BCUT2D eigenvalue weighted by atomic mass is 16.5. The van der Waals surface area contributed by atoms with E-state index >= 15 is 0 Å². The number of hydrogen-bond donors (Lipinski definition) is 0. The Morgan fingerprint density at radius 2 is 1.44 bits per heavy atom. The predicted octanol–water partition coefficient (Wildman–Crippen LogP) is 5.21. The lowest BCUT2D eigenvalue weighted by Crippen LogP contribution is -1.93. The van der Waals surface area contributed by atoms with Gasteiger partial charge in [0.05, 0.1) is 12.8 Å². The molecule has 0 N–H and O–H groups in total. The SMILES string of the molecule is COc1cccc(-c2cn(-c3ccccc3)nc2-c2ccccc2)c1. The van der Waals surface area contributed by atoms with E-state index in [1.165, 1.54) is 0 Å². The van der Waals surface area contributed by atoms with Crippen LogP contribution in [0.3, 0.4) is 0 Å². The first-order valence-electron chi connectivity index (χ1n) is 8.20. The summed E-state index contributed by atoms with van der Waals surface area (Å²) in [7, 11) is 1.69. The Kier molecular flexibility index (Phi) is 4.05. The quantitative estimate of drug-likeness (QED) is 0.514. The van der Waals surface area contributed by atoms with Crippen LogP contribution in [0.2, 0.25) is 0 Å². The second-order valence-corrected chi connectivity index (χ2v) is 5.77. The summed E-state index contributed by atoms with van der Waals surface area (Å²) >= 11 is 0. The molecule has 0 amide bonds. The average molecular weight is 326 g/mol. The van der Waals surface area contributed by atoms with Crippen molar-refractivity contribution >= 4 is 0 Å². The molecule has 3 heteroatoms. The van der Waals surface area contributed by atoms with Crippen LogP contribution in [0.4, 0.5) is 0 Å². The van der Waals surface area contributed by atoms with Crippen molar-refractivity contribution in [2.75, 3.05) is 7.11 Å². The number of ether oxygens (including phenoxy) is 1. The fraction of sp³-hybridized carbons (Fsp3) is 0.0455. The lowest BCUT2D eigenvalue weighted by atomic mass is 10.0. The van der Waals surface area contributed by atoms with Crippen LogP contribution in [0.5, 0.6) is 5.75 Å². The van der Waals surface area contributed by atoms with Crippen LogP contribution in [0.1, 0.15) is 0 Å². The third-order valence-electron chi connectivity index (χ3n) is 4.16. The van der Waals surface area contributed by atoms with Crippen LogP contribution >= 0.6 is 0 Å². The van der Waals surface area contributed by atoms with Crippen molar-refractivity contribution < 1.29 is 4.74 Å². The Hall–Kier alpha value is -3.33. The molecular weight excluding hydrogens is 308 g/mol. The van der Waals surface area contributed by atoms with Gasteiger partial charge in [0.2, 0.25) is 0 Å². The molecule has 122 valence electrons. The van der Waals surface area contributed by atoms with Gasteiger partial charge in [-0.1, -0.05) is 60.7 Å². The number of methoxy groups -OCH3 is 1. The molecule has 1 heterocycles. The van der Waals surface area contributed by atoms with Crippen LogP contribution in [0.15, 0.2) is 91.1 Å². The minimum atomic E-state index is 0.837. The van der Waals surface area contributed by atoms with Crippen molar-refractivity contribution in [3.63, 3.8) is 0 Å². The fourth-order valence-electron chi connectivity index (χ4n) is 2.90. The Morgan fingerprint density at radius 3 is 2.16 bits per heavy atom. The summed E-state index contributed by atoms with van der Waals surface area (Å²) in [6.07, 6.45) is 2.08. The zero-order valence-electron chi connectivity index (χ0n) is 14.0. The van der Waals surface area contributed by atoms with Gasteiger partial charge in [0.25, 0.3) is 0 Å². The number of para-hydroxylation sites is 1. The third kappa shape index (κ3) is 3.04. The number of hydrogen-bond acceptors (Lipinski definition) is 2. The van der Waals surface area contributed by atoms with Gasteiger partial charge in [0.1, 0.15) is 11.4 Å². The smallest absolute Gasteiger partial charge is 0.119 e. The van der Waals surface area contributed by atoms with E-state index in [0.29, 0.717) is 0 Å². The molecule has 1 aromatic heterocycles. The summed E-state index contributed by atoms with van der Waals surface area (Å²) in [4.78, 5) is 0. The zero-order valence-corrected chi connectivity index (χ0v) is 14.0. The van der Waals surface area contributed by atoms with E-state index in [2.05, 4.69) is 36.5 Å². The molecule has 3 aromatic carbocycles. The van der Waals surface area contributed by atoms with Crippen molar-refractivity contribution in [1.29, 1.82) is 0 Å². The van der Waals surface area contributed by atoms with E-state index < -0.39 is 0 Å². The monoisotopic (exact) mass is 326 g/mol. The Morgan fingerprint density at radius 1 is 0.760 bits per heavy atom. The molecule has 0 aliphatic carbocycles. The van der Waals surface area contributed by atoms with Gasteiger partial charge in [-0.15, -0.1) is 0 Å². The van der Waals surface area contributed by atoms with E-state index in [9.17, 15) is 0 Å². The standard InChI is InChI=1S/C22H18N2O/c1-25-20-14-8-11-18(15-20)21-16-24(19-12-6-3-7-13-19)23-22(21)17-9-4-2-5-10-17/h2-16H,1H3. The number of aromatic nitrogens is 2. The van der Waals surface area contributed by atoms with Crippen molar-refractivity contribution in [1.82, 2.24) is 9.78 Å². The molecule has 0 spiro atoms. The second kappa shape index (κ2) is 6.65. The maximum atomic E-state index is 5.39. The maximum Gasteiger partial charge on any atom is 0.119 e. The molecule has 3 nitrogen and oxygen atoms in total. The average Bonchev–Trinajstić information content (AvgIpc) is 3.15. The number of nitrogens with zero attached hydrogens (tertiary/aromatic N) is 2. The number of rotatable bonds is 4. The Labute approximate surface area is 147 Å². The summed E-state index contributed by atoms with van der Waals surface area (Å²) < 4.78 is 7.31. The van der Waals surface area contributed by atoms with Crippen LogP contribution < -0.4 is 4.74 Å². The predicted molar refractivity (Wildman–Crippen MR) is 101 cm³/mol. The Balaban J connectivity index is 1.91. The summed E-state index contributed by atoms with van der Waals surface area (Å²) in [6, 6.07) is 28.5. The Bertz CT molecular complexity index is 975. The minimum Gasteiger partial charge on any atom is -0.497 e. The van der Waals surface area contributed by atoms with Gasteiger partial charge in [-0.3, -0.25) is 0 Å². The molecule has 0 radical (unpaired) electrons. The van der Waals surface area contributed by atoms with E-state index in [1.807, 2.05) is 59.3 Å². The molecule has 4 rings (SSSR count).